The Morgan fingerprint density at radius 1 is 1.15 bits per heavy atom. The van der Waals surface area contributed by atoms with Crippen LogP contribution in [0.15, 0.2) is 48.5 Å². The van der Waals surface area contributed by atoms with Gasteiger partial charge in [0, 0.05) is 28.0 Å². The zero-order valence-corrected chi connectivity index (χ0v) is 15.6. The molecule has 3 aromatic rings. The largest absolute Gasteiger partial charge is 0.356 e. The average molecular weight is 382 g/mol. The van der Waals surface area contributed by atoms with E-state index in [-0.39, 0.29) is 18.0 Å². The van der Waals surface area contributed by atoms with Gasteiger partial charge in [-0.25, -0.2) is 0 Å². The third-order valence-electron chi connectivity index (χ3n) is 5.42. The highest BCUT2D eigenvalue weighted by Crippen LogP contribution is 2.41. The van der Waals surface area contributed by atoms with Crippen molar-refractivity contribution in [3.8, 4) is 0 Å². The van der Waals surface area contributed by atoms with Gasteiger partial charge in [0.05, 0.1) is 11.7 Å². The fraction of sp³-hybridized carbons (Fsp3) is 0.200. The van der Waals surface area contributed by atoms with Crippen molar-refractivity contribution in [1.29, 1.82) is 0 Å². The summed E-state index contributed by atoms with van der Waals surface area (Å²) in [6.07, 6.45) is 0.659. The van der Waals surface area contributed by atoms with Crippen molar-refractivity contribution in [1.82, 2.24) is 9.88 Å². The highest BCUT2D eigenvalue weighted by Gasteiger charge is 2.49. The zero-order chi connectivity index (χ0) is 18.0. The second kappa shape index (κ2) is 5.56. The molecule has 4 nitrogen and oxygen atoms in total. The number of H-pyrrole nitrogens is 1. The molecule has 0 aliphatic carbocycles. The van der Waals surface area contributed by atoms with Gasteiger partial charge in [0.2, 0.25) is 0 Å². The molecule has 1 fully saturated rings. The summed E-state index contributed by atoms with van der Waals surface area (Å²) in [5.74, 6) is 0.0279. The molecule has 6 heteroatoms. The maximum absolute atomic E-state index is 13.2. The Hall–Kier alpha value is -2.37. The van der Waals surface area contributed by atoms with E-state index in [4.69, 9.17) is 23.8 Å². The number of nitrogens with one attached hydrogen (secondary N) is 1. The summed E-state index contributed by atoms with van der Waals surface area (Å²) in [5, 5.41) is 2.38. The monoisotopic (exact) mass is 381 g/mol. The molecule has 1 N–H and O–H groups in total. The molecule has 2 atom stereocenters. The Labute approximate surface area is 161 Å². The summed E-state index contributed by atoms with van der Waals surface area (Å²) in [7, 11) is 0. The number of hydrogen-bond acceptors (Lipinski definition) is 2. The molecule has 1 saturated heterocycles. The first-order chi connectivity index (χ1) is 12.6. The van der Waals surface area contributed by atoms with Gasteiger partial charge in [-0.1, -0.05) is 29.8 Å². The fourth-order valence-corrected chi connectivity index (χ4v) is 4.80. The number of hydrogen-bond donors (Lipinski definition) is 1. The summed E-state index contributed by atoms with van der Waals surface area (Å²) in [6.45, 7) is 2.10. The van der Waals surface area contributed by atoms with Gasteiger partial charge in [0.15, 0.2) is 5.11 Å². The van der Waals surface area contributed by atoms with Crippen LogP contribution in [0.1, 0.15) is 24.2 Å². The summed E-state index contributed by atoms with van der Waals surface area (Å²) in [4.78, 5) is 20.4. The lowest BCUT2D eigenvalue weighted by Gasteiger charge is -2.34. The predicted octanol–water partition coefficient (Wildman–Crippen LogP) is 4.44. The summed E-state index contributed by atoms with van der Waals surface area (Å²) < 4.78 is 0. The number of aromatic amines is 1. The molecule has 26 heavy (non-hydrogen) atoms. The van der Waals surface area contributed by atoms with E-state index in [2.05, 4.69) is 28.9 Å². The number of nitrogens with zero attached hydrogens (tertiary/aromatic N) is 2. The van der Waals surface area contributed by atoms with Crippen LogP contribution in [-0.2, 0) is 11.2 Å². The van der Waals surface area contributed by atoms with E-state index in [1.165, 1.54) is 10.9 Å². The van der Waals surface area contributed by atoms with Crippen LogP contribution < -0.4 is 4.90 Å². The third kappa shape index (κ3) is 2.07. The zero-order valence-electron chi connectivity index (χ0n) is 14.1. The first-order valence-corrected chi connectivity index (χ1v) is 9.36. The number of benzene rings is 2. The molecule has 0 saturated carbocycles. The molecule has 0 unspecified atom stereocenters. The maximum Gasteiger partial charge on any atom is 0.256 e. The highest BCUT2D eigenvalue weighted by atomic mass is 35.5. The van der Waals surface area contributed by atoms with E-state index >= 15 is 0 Å². The van der Waals surface area contributed by atoms with Gasteiger partial charge < -0.3 is 9.88 Å². The number of aromatic nitrogens is 1. The second-order valence-corrected chi connectivity index (χ2v) is 7.60. The number of fused-ring (bicyclic) bond motifs is 4. The molecule has 2 aliphatic rings. The Morgan fingerprint density at radius 2 is 1.88 bits per heavy atom. The molecule has 0 spiro atoms. The van der Waals surface area contributed by atoms with Gasteiger partial charge in [-0.2, -0.15) is 0 Å². The van der Waals surface area contributed by atoms with Crippen LogP contribution in [0, 0.1) is 0 Å². The van der Waals surface area contributed by atoms with Crippen LogP contribution in [-0.4, -0.2) is 26.9 Å². The van der Waals surface area contributed by atoms with Crippen LogP contribution in [0.25, 0.3) is 10.9 Å². The van der Waals surface area contributed by atoms with Crippen molar-refractivity contribution in [2.24, 2.45) is 0 Å². The van der Waals surface area contributed by atoms with Crippen LogP contribution >= 0.6 is 23.8 Å². The Balaban J connectivity index is 1.60. The summed E-state index contributed by atoms with van der Waals surface area (Å²) >= 11 is 11.7. The average Bonchev–Trinajstić information content (AvgIpc) is 3.13. The number of amides is 1. The quantitative estimate of drug-likeness (QED) is 0.633. The van der Waals surface area contributed by atoms with Gasteiger partial charge in [-0.05, 0) is 55.0 Å². The molecular formula is C20H16ClN3OS. The van der Waals surface area contributed by atoms with Gasteiger partial charge in [0.25, 0.3) is 5.91 Å². The first kappa shape index (κ1) is 15.9. The van der Waals surface area contributed by atoms with Crippen molar-refractivity contribution in [2.45, 2.75) is 25.4 Å². The molecule has 0 radical (unpaired) electrons. The molecule has 1 aromatic heterocycles. The number of carbonyl (C=O) groups excluding carboxylic acids is 1. The van der Waals surface area contributed by atoms with E-state index in [1.807, 2.05) is 24.3 Å². The van der Waals surface area contributed by atoms with Crippen LogP contribution in [0.2, 0.25) is 5.02 Å². The highest BCUT2D eigenvalue weighted by molar-refractivity contribution is 7.80. The summed E-state index contributed by atoms with van der Waals surface area (Å²) in [5.41, 5.74) is 4.25. The van der Waals surface area contributed by atoms with Crippen LogP contribution in [0.4, 0.5) is 5.69 Å². The molecule has 5 rings (SSSR count). The Bertz CT molecular complexity index is 1060. The van der Waals surface area contributed by atoms with Crippen LogP contribution in [0.3, 0.4) is 0 Å². The lowest BCUT2D eigenvalue weighted by atomic mass is 9.93. The van der Waals surface area contributed by atoms with E-state index < -0.39 is 0 Å². The van der Waals surface area contributed by atoms with Gasteiger partial charge in [-0.3, -0.25) is 9.69 Å². The van der Waals surface area contributed by atoms with Crippen molar-refractivity contribution in [3.05, 3.63) is 64.8 Å². The van der Waals surface area contributed by atoms with E-state index in [0.717, 1.165) is 16.9 Å². The summed E-state index contributed by atoms with van der Waals surface area (Å²) in [6, 6.07) is 15.2. The van der Waals surface area contributed by atoms with Crippen molar-refractivity contribution >= 4 is 51.4 Å². The minimum atomic E-state index is -0.264. The lowest BCUT2D eigenvalue weighted by molar-refractivity contribution is -0.120. The molecule has 0 bridgehead atoms. The van der Waals surface area contributed by atoms with Crippen molar-refractivity contribution in [2.75, 3.05) is 4.90 Å². The molecular weight excluding hydrogens is 366 g/mol. The number of para-hydroxylation sites is 1. The number of carbonyl (C=O) groups is 1. The molecule has 1 amide bonds. The minimum absolute atomic E-state index is 0.0184. The Kier molecular flexibility index (Phi) is 3.39. The molecule has 130 valence electrons. The van der Waals surface area contributed by atoms with Gasteiger partial charge in [-0.15, -0.1) is 0 Å². The third-order valence-corrected chi connectivity index (χ3v) is 6.06. The molecule has 3 heterocycles. The standard InChI is InChI=1S/C20H16ClN3OS/c1-11-18-15(14-4-2-3-5-16(14)22-18)10-17-19(25)24(20(26)23(11)17)13-8-6-12(21)7-9-13/h2-9,11,17,22H,10H2,1H3/t11-,17+/m0/s1. The van der Waals surface area contributed by atoms with Gasteiger partial charge in [0.1, 0.15) is 6.04 Å². The van der Waals surface area contributed by atoms with E-state index in [0.29, 0.717) is 16.6 Å². The first-order valence-electron chi connectivity index (χ1n) is 8.57. The SMILES string of the molecule is C[C@H]1c2[nH]c3ccccc3c2C[C@@H]2C(=O)N(c3ccc(Cl)cc3)C(=S)N21. The minimum Gasteiger partial charge on any atom is -0.356 e. The number of anilines is 1. The normalized spacial score (nSPS) is 22.1. The van der Waals surface area contributed by atoms with Crippen molar-refractivity contribution < 1.29 is 4.79 Å². The van der Waals surface area contributed by atoms with E-state index in [1.54, 1.807) is 17.0 Å². The smallest absolute Gasteiger partial charge is 0.256 e. The number of thiocarbonyl (C=S) groups is 1. The fourth-order valence-electron chi connectivity index (χ4n) is 4.19. The van der Waals surface area contributed by atoms with E-state index in [9.17, 15) is 4.79 Å². The molecule has 2 aliphatic heterocycles. The second-order valence-electron chi connectivity index (χ2n) is 6.80. The van der Waals surface area contributed by atoms with Gasteiger partial charge >= 0.3 is 0 Å². The number of rotatable bonds is 1. The maximum atomic E-state index is 13.2. The lowest BCUT2D eigenvalue weighted by Crippen LogP contribution is -2.42. The topological polar surface area (TPSA) is 39.3 Å². The number of halogens is 1. The predicted molar refractivity (Wildman–Crippen MR) is 108 cm³/mol. The van der Waals surface area contributed by atoms with Crippen molar-refractivity contribution in [3.63, 3.8) is 0 Å². The Morgan fingerprint density at radius 3 is 2.65 bits per heavy atom. The molecule has 2 aromatic carbocycles. The van der Waals surface area contributed by atoms with Crippen LogP contribution in [0.5, 0.6) is 0 Å².